The molecule has 0 aliphatic carbocycles. The average Bonchev–Trinajstić information content (AvgIpc) is 2.61. The van der Waals surface area contributed by atoms with Gasteiger partial charge in [0.1, 0.15) is 5.69 Å². The predicted molar refractivity (Wildman–Crippen MR) is 62.8 cm³/mol. The molecular weight excluding hydrogens is 226 g/mol. The lowest BCUT2D eigenvalue weighted by molar-refractivity contribution is 0.0690. The van der Waals surface area contributed by atoms with Crippen LogP contribution < -0.4 is 0 Å². The first kappa shape index (κ1) is 10.8. The Morgan fingerprint density at radius 2 is 1.94 bits per heavy atom. The molecule has 0 unspecified atom stereocenters. The number of carbonyl (C=O) groups is 1. The number of halogens is 1. The monoisotopic (exact) mass is 235 g/mol. The number of rotatable bonds is 2. The first-order chi connectivity index (χ1) is 7.61. The Bertz CT molecular complexity index is 546. The van der Waals surface area contributed by atoms with Gasteiger partial charge in [-0.15, -0.1) is 0 Å². The summed E-state index contributed by atoms with van der Waals surface area (Å²) in [7, 11) is 0. The lowest BCUT2D eigenvalue weighted by atomic mass is 10.1. The van der Waals surface area contributed by atoms with Gasteiger partial charge in [-0.2, -0.15) is 0 Å². The number of carboxylic acid groups (broad SMARTS) is 1. The summed E-state index contributed by atoms with van der Waals surface area (Å²) in [6.45, 7) is 1.96. The van der Waals surface area contributed by atoms with Gasteiger partial charge in [-0.1, -0.05) is 24.3 Å². The number of carboxylic acids is 1. The fraction of sp³-hybridized carbons (Fsp3) is 0.0833. The lowest BCUT2D eigenvalue weighted by Gasteiger charge is -2.05. The van der Waals surface area contributed by atoms with Crippen LogP contribution in [0.2, 0.25) is 0 Å². The molecule has 16 heavy (non-hydrogen) atoms. The third kappa shape index (κ3) is 1.70. The second kappa shape index (κ2) is 4.02. The molecule has 0 bridgehead atoms. The van der Waals surface area contributed by atoms with Crippen molar-refractivity contribution in [1.82, 2.24) is 4.09 Å². The Labute approximate surface area is 98.0 Å². The molecule has 0 amide bonds. The highest BCUT2D eigenvalue weighted by Gasteiger charge is 2.14. The topological polar surface area (TPSA) is 42.2 Å². The molecule has 0 radical (unpaired) electrons. The van der Waals surface area contributed by atoms with Crippen LogP contribution >= 0.6 is 11.8 Å². The lowest BCUT2D eigenvalue weighted by Crippen LogP contribution is -2.01. The summed E-state index contributed by atoms with van der Waals surface area (Å²) in [5.74, 6) is -1.03. The molecule has 1 N–H and O–H groups in total. The Morgan fingerprint density at radius 1 is 1.25 bits per heavy atom. The minimum atomic E-state index is -1.03. The van der Waals surface area contributed by atoms with Crippen LogP contribution in [0.1, 0.15) is 16.1 Å². The van der Waals surface area contributed by atoms with Crippen LogP contribution in [0.4, 0.5) is 0 Å². The summed E-state index contributed by atoms with van der Waals surface area (Å²) in [6.07, 6.45) is 0. The normalized spacial score (nSPS) is 10.4. The second-order valence-electron chi connectivity index (χ2n) is 3.50. The van der Waals surface area contributed by atoms with Crippen LogP contribution in [0.25, 0.3) is 11.3 Å². The maximum absolute atomic E-state index is 10.8. The third-order valence-electron chi connectivity index (χ3n) is 2.46. The molecule has 3 nitrogen and oxygen atoms in total. The van der Waals surface area contributed by atoms with Crippen LogP contribution in [0.3, 0.4) is 0 Å². The van der Waals surface area contributed by atoms with E-state index in [-0.39, 0.29) is 5.69 Å². The van der Waals surface area contributed by atoms with Gasteiger partial charge in [-0.05, 0) is 24.6 Å². The van der Waals surface area contributed by atoms with Gasteiger partial charge in [0.05, 0.1) is 5.69 Å². The van der Waals surface area contributed by atoms with Gasteiger partial charge in [0.2, 0.25) is 0 Å². The number of aromatic nitrogens is 1. The average molecular weight is 236 g/mol. The number of aromatic carboxylic acids is 1. The Kier molecular flexibility index (Phi) is 2.71. The zero-order valence-corrected chi connectivity index (χ0v) is 9.40. The number of hydrogen-bond acceptors (Lipinski definition) is 1. The highest BCUT2D eigenvalue weighted by Crippen LogP contribution is 2.26. The number of hydrogen-bond donors (Lipinski definition) is 1. The highest BCUT2D eigenvalue weighted by molar-refractivity contribution is 6.19. The molecular formula is C12H10ClNO2. The molecule has 1 aromatic carbocycles. The van der Waals surface area contributed by atoms with E-state index < -0.39 is 5.97 Å². The fourth-order valence-electron chi connectivity index (χ4n) is 1.63. The maximum atomic E-state index is 10.8. The van der Waals surface area contributed by atoms with Crippen molar-refractivity contribution in [2.75, 3.05) is 0 Å². The molecule has 2 aromatic rings. The number of nitrogens with zero attached hydrogens (tertiary/aromatic N) is 1. The molecule has 0 spiro atoms. The van der Waals surface area contributed by atoms with E-state index in [1.54, 1.807) is 6.07 Å². The van der Waals surface area contributed by atoms with E-state index in [9.17, 15) is 4.79 Å². The first-order valence-electron chi connectivity index (χ1n) is 4.78. The predicted octanol–water partition coefficient (Wildman–Crippen LogP) is 3.16. The summed E-state index contributed by atoms with van der Waals surface area (Å²) in [5.41, 5.74) is 2.75. The van der Waals surface area contributed by atoms with Crippen molar-refractivity contribution in [3.8, 4) is 11.3 Å². The van der Waals surface area contributed by atoms with E-state index in [0.29, 0.717) is 5.69 Å². The minimum absolute atomic E-state index is 0.0694. The van der Waals surface area contributed by atoms with Gasteiger partial charge in [-0.25, -0.2) is 8.88 Å². The summed E-state index contributed by atoms with van der Waals surface area (Å²) < 4.78 is 1.17. The largest absolute Gasteiger partial charge is 0.477 e. The van der Waals surface area contributed by atoms with Crippen molar-refractivity contribution in [3.05, 3.63) is 47.7 Å². The molecule has 4 heteroatoms. The van der Waals surface area contributed by atoms with Crippen molar-refractivity contribution in [2.24, 2.45) is 0 Å². The van der Waals surface area contributed by atoms with E-state index in [1.807, 2.05) is 31.2 Å². The molecule has 1 heterocycles. The van der Waals surface area contributed by atoms with Crippen molar-refractivity contribution in [2.45, 2.75) is 6.92 Å². The minimum Gasteiger partial charge on any atom is -0.477 e. The first-order valence-corrected chi connectivity index (χ1v) is 5.12. The summed E-state index contributed by atoms with van der Waals surface area (Å²) in [4.78, 5) is 10.8. The molecule has 2 rings (SSSR count). The molecule has 0 saturated heterocycles. The van der Waals surface area contributed by atoms with Crippen LogP contribution in [0.5, 0.6) is 0 Å². The summed E-state index contributed by atoms with van der Waals surface area (Å²) >= 11 is 5.96. The Morgan fingerprint density at radius 3 is 2.50 bits per heavy atom. The molecule has 82 valence electrons. The van der Waals surface area contributed by atoms with Crippen molar-refractivity contribution < 1.29 is 9.90 Å². The highest BCUT2D eigenvalue weighted by atomic mass is 35.5. The maximum Gasteiger partial charge on any atom is 0.353 e. The van der Waals surface area contributed by atoms with Crippen molar-refractivity contribution in [1.29, 1.82) is 0 Å². The Hall–Kier alpha value is -1.74. The smallest absolute Gasteiger partial charge is 0.353 e. The van der Waals surface area contributed by atoms with Crippen molar-refractivity contribution in [3.63, 3.8) is 0 Å². The second-order valence-corrected chi connectivity index (χ2v) is 3.84. The molecule has 0 aliphatic rings. The van der Waals surface area contributed by atoms with E-state index in [0.717, 1.165) is 11.1 Å². The van der Waals surface area contributed by atoms with Crippen LogP contribution in [0.15, 0.2) is 36.4 Å². The van der Waals surface area contributed by atoms with E-state index >= 15 is 0 Å². The van der Waals surface area contributed by atoms with Crippen LogP contribution in [-0.4, -0.2) is 15.2 Å². The van der Waals surface area contributed by atoms with Gasteiger partial charge in [0.15, 0.2) is 0 Å². The van der Waals surface area contributed by atoms with E-state index in [2.05, 4.69) is 0 Å². The summed E-state index contributed by atoms with van der Waals surface area (Å²) in [5, 5.41) is 8.89. The van der Waals surface area contributed by atoms with Crippen molar-refractivity contribution >= 4 is 17.7 Å². The van der Waals surface area contributed by atoms with Crippen LogP contribution in [-0.2, 0) is 0 Å². The van der Waals surface area contributed by atoms with Gasteiger partial charge < -0.3 is 5.11 Å². The zero-order chi connectivity index (χ0) is 11.7. The standard InChI is InChI=1S/C12H10ClNO2/c1-8-4-2-3-5-9(8)10-6-7-11(12(15)16)14(10)13/h2-7H,1H3,(H,15,16). The van der Waals surface area contributed by atoms with E-state index in [1.165, 1.54) is 10.2 Å². The van der Waals surface area contributed by atoms with Gasteiger partial charge in [0, 0.05) is 17.3 Å². The quantitative estimate of drug-likeness (QED) is 0.869. The molecule has 0 fully saturated rings. The molecule has 0 atom stereocenters. The SMILES string of the molecule is Cc1ccccc1-c1ccc(C(=O)O)n1Cl. The number of benzene rings is 1. The number of aryl methyl sites for hydroxylation is 1. The zero-order valence-electron chi connectivity index (χ0n) is 8.64. The van der Waals surface area contributed by atoms with Gasteiger partial charge in [-0.3, -0.25) is 0 Å². The Balaban J connectivity index is 2.58. The molecule has 0 aliphatic heterocycles. The summed E-state index contributed by atoms with van der Waals surface area (Å²) in [6, 6.07) is 10.9. The fourth-order valence-corrected chi connectivity index (χ4v) is 1.91. The van der Waals surface area contributed by atoms with Gasteiger partial charge >= 0.3 is 5.97 Å². The van der Waals surface area contributed by atoms with Gasteiger partial charge in [0.25, 0.3) is 0 Å². The van der Waals surface area contributed by atoms with E-state index in [4.69, 9.17) is 16.9 Å². The van der Waals surface area contributed by atoms with Crippen LogP contribution in [0, 0.1) is 6.92 Å². The molecule has 1 aromatic heterocycles. The third-order valence-corrected chi connectivity index (χ3v) is 2.83. The molecule has 0 saturated carbocycles.